The number of amides is 1. The zero-order chi connectivity index (χ0) is 17.0. The highest BCUT2D eigenvalue weighted by molar-refractivity contribution is 7.92. The van der Waals surface area contributed by atoms with Gasteiger partial charge in [-0.15, -0.1) is 0 Å². The highest BCUT2D eigenvalue weighted by atomic mass is 32.2. The van der Waals surface area contributed by atoms with Gasteiger partial charge in [0.05, 0.1) is 7.11 Å². The molecule has 2 rings (SSSR count). The van der Waals surface area contributed by atoms with Crippen molar-refractivity contribution < 1.29 is 17.9 Å². The van der Waals surface area contributed by atoms with Crippen molar-refractivity contribution in [3.8, 4) is 5.75 Å². The SMILES string of the molecule is COc1ccccc1CC1CCN(C(=O)[C@H](C)S(C)(=O)=O)CC1. The Morgan fingerprint density at radius 2 is 1.91 bits per heavy atom. The van der Waals surface area contributed by atoms with Crippen LogP contribution in [0.1, 0.15) is 25.3 Å². The summed E-state index contributed by atoms with van der Waals surface area (Å²) in [6, 6.07) is 7.99. The third-order valence-corrected chi connectivity index (χ3v) is 6.10. The Kier molecular flexibility index (Phi) is 5.68. The number of hydrogen-bond acceptors (Lipinski definition) is 4. The fraction of sp³-hybridized carbons (Fsp3) is 0.588. The van der Waals surface area contributed by atoms with Crippen LogP contribution in [0.25, 0.3) is 0 Å². The van der Waals surface area contributed by atoms with Crippen LogP contribution in [0.15, 0.2) is 24.3 Å². The maximum absolute atomic E-state index is 12.2. The Morgan fingerprint density at radius 3 is 2.48 bits per heavy atom. The van der Waals surface area contributed by atoms with E-state index in [1.165, 1.54) is 12.5 Å². The first-order chi connectivity index (χ1) is 10.8. The molecular formula is C17H25NO4S. The third-order valence-electron chi connectivity index (χ3n) is 4.62. The van der Waals surface area contributed by atoms with Gasteiger partial charge < -0.3 is 9.64 Å². The summed E-state index contributed by atoms with van der Waals surface area (Å²) in [4.78, 5) is 13.9. The van der Waals surface area contributed by atoms with Crippen molar-refractivity contribution in [3.63, 3.8) is 0 Å². The van der Waals surface area contributed by atoms with Crippen molar-refractivity contribution in [2.45, 2.75) is 31.4 Å². The molecule has 128 valence electrons. The third kappa shape index (κ3) is 4.47. The largest absolute Gasteiger partial charge is 0.496 e. The molecule has 1 aliphatic rings. The molecule has 0 radical (unpaired) electrons. The molecule has 1 aliphatic heterocycles. The van der Waals surface area contributed by atoms with Crippen LogP contribution in [0.5, 0.6) is 5.75 Å². The zero-order valence-electron chi connectivity index (χ0n) is 14.0. The van der Waals surface area contributed by atoms with Crippen LogP contribution in [0.3, 0.4) is 0 Å². The average Bonchev–Trinajstić information content (AvgIpc) is 2.54. The van der Waals surface area contributed by atoms with Gasteiger partial charge in [-0.1, -0.05) is 18.2 Å². The summed E-state index contributed by atoms with van der Waals surface area (Å²) >= 11 is 0. The number of nitrogens with zero attached hydrogens (tertiary/aromatic N) is 1. The van der Waals surface area contributed by atoms with Crippen LogP contribution in [-0.2, 0) is 21.1 Å². The number of para-hydroxylation sites is 1. The first-order valence-electron chi connectivity index (χ1n) is 7.92. The van der Waals surface area contributed by atoms with E-state index in [-0.39, 0.29) is 5.91 Å². The molecule has 1 atom stereocenters. The quantitative estimate of drug-likeness (QED) is 0.822. The summed E-state index contributed by atoms with van der Waals surface area (Å²) < 4.78 is 28.4. The van der Waals surface area contributed by atoms with Gasteiger partial charge in [0, 0.05) is 19.3 Å². The molecule has 0 spiro atoms. The fourth-order valence-electron chi connectivity index (χ4n) is 2.98. The average molecular weight is 339 g/mol. The smallest absolute Gasteiger partial charge is 0.240 e. The Morgan fingerprint density at radius 1 is 1.30 bits per heavy atom. The van der Waals surface area contributed by atoms with Crippen molar-refractivity contribution >= 4 is 15.7 Å². The lowest BCUT2D eigenvalue weighted by Gasteiger charge is -2.33. The van der Waals surface area contributed by atoms with Gasteiger partial charge >= 0.3 is 0 Å². The van der Waals surface area contributed by atoms with E-state index in [4.69, 9.17) is 4.74 Å². The topological polar surface area (TPSA) is 63.7 Å². The molecule has 0 aromatic heterocycles. The lowest BCUT2D eigenvalue weighted by molar-refractivity contribution is -0.131. The molecule has 1 heterocycles. The van der Waals surface area contributed by atoms with Crippen LogP contribution < -0.4 is 4.74 Å². The van der Waals surface area contributed by atoms with Gasteiger partial charge in [0.15, 0.2) is 9.84 Å². The van der Waals surface area contributed by atoms with E-state index in [9.17, 15) is 13.2 Å². The Labute approximate surface area is 138 Å². The van der Waals surface area contributed by atoms with Gasteiger partial charge in [-0.3, -0.25) is 4.79 Å². The highest BCUT2D eigenvalue weighted by Crippen LogP contribution is 2.27. The van der Waals surface area contributed by atoms with Crippen LogP contribution in [0.4, 0.5) is 0 Å². The molecular weight excluding hydrogens is 314 g/mol. The lowest BCUT2D eigenvalue weighted by atomic mass is 9.89. The van der Waals surface area contributed by atoms with E-state index < -0.39 is 15.1 Å². The monoisotopic (exact) mass is 339 g/mol. The lowest BCUT2D eigenvalue weighted by Crippen LogP contribution is -2.45. The zero-order valence-corrected chi connectivity index (χ0v) is 14.8. The van der Waals surface area contributed by atoms with E-state index in [0.29, 0.717) is 19.0 Å². The summed E-state index contributed by atoms with van der Waals surface area (Å²) in [5.41, 5.74) is 1.18. The molecule has 5 nitrogen and oxygen atoms in total. The fourth-order valence-corrected chi connectivity index (χ4v) is 3.50. The molecule has 1 aromatic carbocycles. The number of rotatable bonds is 5. The summed E-state index contributed by atoms with van der Waals surface area (Å²) in [5, 5.41) is -0.951. The number of hydrogen-bond donors (Lipinski definition) is 0. The number of piperidine rings is 1. The van der Waals surface area contributed by atoms with Crippen molar-refractivity contribution in [1.29, 1.82) is 0 Å². The van der Waals surface area contributed by atoms with Crippen LogP contribution >= 0.6 is 0 Å². The minimum atomic E-state index is -3.33. The molecule has 1 fully saturated rings. The van der Waals surface area contributed by atoms with E-state index in [1.54, 1.807) is 12.0 Å². The predicted molar refractivity (Wildman–Crippen MR) is 90.3 cm³/mol. The molecule has 0 unspecified atom stereocenters. The summed E-state index contributed by atoms with van der Waals surface area (Å²) in [6.07, 6.45) is 3.82. The summed E-state index contributed by atoms with van der Waals surface area (Å²) in [7, 11) is -1.66. The minimum Gasteiger partial charge on any atom is -0.496 e. The number of methoxy groups -OCH3 is 1. The summed E-state index contributed by atoms with van der Waals surface area (Å²) in [6.45, 7) is 2.72. The number of carbonyl (C=O) groups is 1. The Balaban J connectivity index is 1.93. The standard InChI is InChI=1S/C17H25NO4S/c1-13(23(3,20)21)17(19)18-10-8-14(9-11-18)12-15-6-4-5-7-16(15)22-2/h4-7,13-14H,8-12H2,1-3H3/t13-/m0/s1. The molecule has 23 heavy (non-hydrogen) atoms. The van der Waals surface area contributed by atoms with Crippen molar-refractivity contribution in [2.75, 3.05) is 26.5 Å². The number of benzene rings is 1. The van der Waals surface area contributed by atoms with E-state index >= 15 is 0 Å². The number of ether oxygens (including phenoxy) is 1. The molecule has 1 amide bonds. The first-order valence-corrected chi connectivity index (χ1v) is 9.88. The molecule has 0 aliphatic carbocycles. The highest BCUT2D eigenvalue weighted by Gasteiger charge is 2.31. The normalized spacial score (nSPS) is 17.8. The van der Waals surface area contributed by atoms with Crippen LogP contribution in [0, 0.1) is 5.92 Å². The van der Waals surface area contributed by atoms with Crippen LogP contribution in [-0.4, -0.2) is 50.9 Å². The number of likely N-dealkylation sites (tertiary alicyclic amines) is 1. The second kappa shape index (κ2) is 7.34. The van der Waals surface area contributed by atoms with Gasteiger partial charge in [-0.25, -0.2) is 8.42 Å². The van der Waals surface area contributed by atoms with Crippen molar-refractivity contribution in [2.24, 2.45) is 5.92 Å². The second-order valence-corrected chi connectivity index (χ2v) is 8.62. The second-order valence-electron chi connectivity index (χ2n) is 6.26. The predicted octanol–water partition coefficient (Wildman–Crippen LogP) is 1.91. The van der Waals surface area contributed by atoms with Crippen LogP contribution in [0.2, 0.25) is 0 Å². The maximum atomic E-state index is 12.2. The molecule has 6 heteroatoms. The van der Waals surface area contributed by atoms with E-state index in [0.717, 1.165) is 31.3 Å². The summed E-state index contributed by atoms with van der Waals surface area (Å²) in [5.74, 6) is 1.11. The maximum Gasteiger partial charge on any atom is 0.240 e. The van der Waals surface area contributed by atoms with Gasteiger partial charge in [-0.2, -0.15) is 0 Å². The van der Waals surface area contributed by atoms with E-state index in [2.05, 4.69) is 6.07 Å². The molecule has 0 saturated carbocycles. The number of carbonyl (C=O) groups excluding carboxylic acids is 1. The Hall–Kier alpha value is -1.56. The van der Waals surface area contributed by atoms with E-state index in [1.807, 2.05) is 18.2 Å². The van der Waals surface area contributed by atoms with Gasteiger partial charge in [0.25, 0.3) is 0 Å². The van der Waals surface area contributed by atoms with Gasteiger partial charge in [0.1, 0.15) is 11.0 Å². The van der Waals surface area contributed by atoms with Gasteiger partial charge in [-0.05, 0) is 43.7 Å². The van der Waals surface area contributed by atoms with Crippen molar-refractivity contribution in [1.82, 2.24) is 4.90 Å². The van der Waals surface area contributed by atoms with Gasteiger partial charge in [0.2, 0.25) is 5.91 Å². The molecule has 1 aromatic rings. The molecule has 0 bridgehead atoms. The Bertz CT molecular complexity index is 648. The molecule has 0 N–H and O–H groups in total. The molecule has 1 saturated heterocycles. The minimum absolute atomic E-state index is 0.275. The van der Waals surface area contributed by atoms with Crippen molar-refractivity contribution in [3.05, 3.63) is 29.8 Å². The number of sulfone groups is 1. The first kappa shape index (κ1) is 17.8.